The molecule has 2 aromatic carbocycles. The van der Waals surface area contributed by atoms with Crippen molar-refractivity contribution in [2.45, 2.75) is 44.5 Å². The Kier molecular flexibility index (Phi) is 6.53. The van der Waals surface area contributed by atoms with E-state index in [1.54, 1.807) is 17.9 Å². The van der Waals surface area contributed by atoms with Gasteiger partial charge in [0.25, 0.3) is 0 Å². The van der Waals surface area contributed by atoms with E-state index in [4.69, 9.17) is 0 Å². The van der Waals surface area contributed by atoms with E-state index < -0.39 is 21.1 Å². The number of halogens is 1. The standard InChI is InChI=1S/C24H30FN3O3S/c1-18-8-11-24(20-6-4-3-5-7-20)32(30,31)28(18)17-21-9-10-22(16-23(21)25)27-14-12-26(13-15-27)19(2)29/h3-7,9-10,16,18,24H,8,11-15,17H2,1-2H3/t18-,24?/m0/s1. The van der Waals surface area contributed by atoms with E-state index in [-0.39, 0.29) is 18.5 Å². The summed E-state index contributed by atoms with van der Waals surface area (Å²) >= 11 is 0. The van der Waals surface area contributed by atoms with Gasteiger partial charge in [0.15, 0.2) is 0 Å². The molecule has 4 rings (SSSR count). The molecule has 0 N–H and O–H groups in total. The second-order valence-corrected chi connectivity index (χ2v) is 10.8. The second-order valence-electron chi connectivity index (χ2n) is 8.68. The Morgan fingerprint density at radius 2 is 1.72 bits per heavy atom. The fourth-order valence-corrected chi connectivity index (χ4v) is 6.85. The summed E-state index contributed by atoms with van der Waals surface area (Å²) in [5.74, 6) is -0.349. The van der Waals surface area contributed by atoms with Crippen LogP contribution >= 0.6 is 0 Å². The minimum Gasteiger partial charge on any atom is -0.368 e. The molecule has 8 heteroatoms. The quantitative estimate of drug-likeness (QED) is 0.702. The Bertz CT molecular complexity index is 1070. The van der Waals surface area contributed by atoms with Crippen molar-refractivity contribution in [2.24, 2.45) is 0 Å². The van der Waals surface area contributed by atoms with Gasteiger partial charge in [0, 0.05) is 56.9 Å². The average molecular weight is 460 g/mol. The maximum Gasteiger partial charge on any atom is 0.221 e. The van der Waals surface area contributed by atoms with Gasteiger partial charge in [-0.25, -0.2) is 12.8 Å². The molecule has 1 amide bonds. The Morgan fingerprint density at radius 3 is 2.34 bits per heavy atom. The Morgan fingerprint density at radius 1 is 1.03 bits per heavy atom. The van der Waals surface area contributed by atoms with Gasteiger partial charge < -0.3 is 9.80 Å². The predicted octanol–water partition coefficient (Wildman–Crippen LogP) is 3.55. The van der Waals surface area contributed by atoms with Crippen LogP contribution in [0.4, 0.5) is 10.1 Å². The minimum absolute atomic E-state index is 0.0249. The summed E-state index contributed by atoms with van der Waals surface area (Å²) in [5, 5.41) is -0.597. The number of benzene rings is 2. The van der Waals surface area contributed by atoms with E-state index >= 15 is 4.39 Å². The van der Waals surface area contributed by atoms with Gasteiger partial charge in [-0.2, -0.15) is 4.31 Å². The summed E-state index contributed by atoms with van der Waals surface area (Å²) in [5.41, 5.74) is 1.91. The molecule has 0 saturated carbocycles. The minimum atomic E-state index is -3.61. The lowest BCUT2D eigenvalue weighted by Gasteiger charge is -2.38. The first-order valence-corrected chi connectivity index (χ1v) is 12.6. The van der Waals surface area contributed by atoms with Crippen molar-refractivity contribution in [3.8, 4) is 0 Å². The van der Waals surface area contributed by atoms with Crippen molar-refractivity contribution in [1.82, 2.24) is 9.21 Å². The first kappa shape index (κ1) is 22.7. The molecule has 2 aliphatic heterocycles. The molecule has 6 nitrogen and oxygen atoms in total. The first-order valence-electron chi connectivity index (χ1n) is 11.1. The summed E-state index contributed by atoms with van der Waals surface area (Å²) in [6.07, 6.45) is 1.30. The van der Waals surface area contributed by atoms with Crippen LogP contribution in [0.2, 0.25) is 0 Å². The third-order valence-electron chi connectivity index (χ3n) is 6.65. The number of carbonyl (C=O) groups is 1. The highest BCUT2D eigenvalue weighted by Crippen LogP contribution is 2.38. The molecule has 0 aromatic heterocycles. The van der Waals surface area contributed by atoms with E-state index in [1.165, 1.54) is 10.4 Å². The lowest BCUT2D eigenvalue weighted by atomic mass is 10.0. The van der Waals surface area contributed by atoms with Crippen LogP contribution in [-0.2, 0) is 21.4 Å². The molecule has 2 saturated heterocycles. The fraction of sp³-hybridized carbons (Fsp3) is 0.458. The highest BCUT2D eigenvalue weighted by molar-refractivity contribution is 7.89. The van der Waals surface area contributed by atoms with Crippen molar-refractivity contribution in [3.63, 3.8) is 0 Å². The van der Waals surface area contributed by atoms with Crippen LogP contribution in [0.3, 0.4) is 0 Å². The predicted molar refractivity (Wildman–Crippen MR) is 123 cm³/mol. The molecular weight excluding hydrogens is 429 g/mol. The van der Waals surface area contributed by atoms with Gasteiger partial charge in [-0.05, 0) is 37.5 Å². The van der Waals surface area contributed by atoms with Crippen LogP contribution in [-0.4, -0.2) is 55.8 Å². The number of piperazine rings is 1. The molecular formula is C24H30FN3O3S. The Labute approximate surface area is 189 Å². The van der Waals surface area contributed by atoms with Crippen molar-refractivity contribution in [3.05, 3.63) is 65.5 Å². The molecule has 1 unspecified atom stereocenters. The van der Waals surface area contributed by atoms with E-state index in [0.717, 1.165) is 17.7 Å². The van der Waals surface area contributed by atoms with Crippen molar-refractivity contribution < 1.29 is 17.6 Å². The smallest absolute Gasteiger partial charge is 0.221 e. The zero-order chi connectivity index (χ0) is 22.9. The van der Waals surface area contributed by atoms with E-state index in [2.05, 4.69) is 4.90 Å². The molecule has 0 radical (unpaired) electrons. The summed E-state index contributed by atoms with van der Waals surface area (Å²) in [6.45, 7) is 5.99. The zero-order valence-corrected chi connectivity index (χ0v) is 19.4. The van der Waals surface area contributed by atoms with Crippen LogP contribution in [0, 0.1) is 5.82 Å². The van der Waals surface area contributed by atoms with E-state index in [9.17, 15) is 13.2 Å². The number of anilines is 1. The first-order chi connectivity index (χ1) is 15.3. The van der Waals surface area contributed by atoms with Crippen molar-refractivity contribution in [2.75, 3.05) is 31.1 Å². The van der Waals surface area contributed by atoms with Crippen molar-refractivity contribution >= 4 is 21.6 Å². The molecule has 0 spiro atoms. The molecule has 2 aliphatic rings. The zero-order valence-electron chi connectivity index (χ0n) is 18.6. The largest absolute Gasteiger partial charge is 0.368 e. The Balaban J connectivity index is 1.51. The topological polar surface area (TPSA) is 60.9 Å². The number of sulfonamides is 1. The number of nitrogens with zero attached hydrogens (tertiary/aromatic N) is 3. The molecule has 2 atom stereocenters. The number of hydrogen-bond acceptors (Lipinski definition) is 4. The summed E-state index contributed by atoms with van der Waals surface area (Å²) in [7, 11) is -3.61. The maximum absolute atomic E-state index is 15.1. The SMILES string of the molecule is CC(=O)N1CCN(c2ccc(CN3[C@@H](C)CCC(c4ccccc4)S3(=O)=O)c(F)c2)CC1. The Hall–Kier alpha value is -2.45. The third kappa shape index (κ3) is 4.52. The van der Waals surface area contributed by atoms with Gasteiger partial charge in [0.1, 0.15) is 11.1 Å². The van der Waals surface area contributed by atoms with Crippen LogP contribution in [0.25, 0.3) is 0 Å². The fourth-order valence-electron chi connectivity index (χ4n) is 4.66. The third-order valence-corrected chi connectivity index (χ3v) is 9.02. The van der Waals surface area contributed by atoms with E-state index in [1.807, 2.05) is 43.3 Å². The van der Waals surface area contributed by atoms with E-state index in [0.29, 0.717) is 38.2 Å². The average Bonchev–Trinajstić information content (AvgIpc) is 2.78. The summed E-state index contributed by atoms with van der Waals surface area (Å²) in [6, 6.07) is 14.1. The lowest BCUT2D eigenvalue weighted by Crippen LogP contribution is -2.48. The molecule has 2 aromatic rings. The van der Waals surface area contributed by atoms with Crippen LogP contribution in [0.15, 0.2) is 48.5 Å². The molecule has 0 aliphatic carbocycles. The number of carbonyl (C=O) groups excluding carboxylic acids is 1. The molecule has 32 heavy (non-hydrogen) atoms. The van der Waals surface area contributed by atoms with Gasteiger partial charge in [0.2, 0.25) is 15.9 Å². The second kappa shape index (κ2) is 9.19. The van der Waals surface area contributed by atoms with Crippen LogP contribution < -0.4 is 4.90 Å². The normalized spacial score (nSPS) is 23.8. The summed E-state index contributed by atoms with van der Waals surface area (Å²) in [4.78, 5) is 15.4. The number of hydrogen-bond donors (Lipinski definition) is 0. The number of rotatable bonds is 4. The van der Waals surface area contributed by atoms with Crippen LogP contribution in [0.1, 0.15) is 43.1 Å². The summed E-state index contributed by atoms with van der Waals surface area (Å²) < 4.78 is 43.3. The lowest BCUT2D eigenvalue weighted by molar-refractivity contribution is -0.129. The van der Waals surface area contributed by atoms with Gasteiger partial charge in [-0.3, -0.25) is 4.79 Å². The van der Waals surface area contributed by atoms with Crippen molar-refractivity contribution in [1.29, 1.82) is 0 Å². The molecule has 2 heterocycles. The van der Waals surface area contributed by atoms with Crippen LogP contribution in [0.5, 0.6) is 0 Å². The van der Waals surface area contributed by atoms with Gasteiger partial charge >= 0.3 is 0 Å². The van der Waals surface area contributed by atoms with Gasteiger partial charge in [-0.15, -0.1) is 0 Å². The molecule has 172 valence electrons. The van der Waals surface area contributed by atoms with Gasteiger partial charge in [0.05, 0.1) is 0 Å². The maximum atomic E-state index is 15.1. The van der Waals surface area contributed by atoms with Gasteiger partial charge in [-0.1, -0.05) is 36.4 Å². The monoisotopic (exact) mass is 459 g/mol. The molecule has 0 bridgehead atoms. The number of amides is 1. The molecule has 2 fully saturated rings. The highest BCUT2D eigenvalue weighted by atomic mass is 32.2. The highest BCUT2D eigenvalue weighted by Gasteiger charge is 2.40.